The van der Waals surface area contributed by atoms with Crippen molar-refractivity contribution in [3.8, 4) is 0 Å². The molecular formula is C65H115N3O59P2. The van der Waals surface area contributed by atoms with Crippen LogP contribution < -0.4 is 17.2 Å². The van der Waals surface area contributed by atoms with Gasteiger partial charge in [-0.05, 0) is 0 Å². The molecule has 41 N–H and O–H groups in total. The fourth-order valence-corrected chi connectivity index (χ4v) is 17.1. The zero-order valence-corrected chi connectivity index (χ0v) is 68.7. The number of rotatable bonds is 38. The van der Waals surface area contributed by atoms with Crippen LogP contribution in [-0.2, 0) is 113 Å². The third kappa shape index (κ3) is 23.9. The molecule has 0 radical (unpaired) electrons. The van der Waals surface area contributed by atoms with E-state index in [1.807, 2.05) is 0 Å². The first-order valence-electron chi connectivity index (χ1n) is 39.7. The van der Waals surface area contributed by atoms with Crippen LogP contribution in [0.2, 0.25) is 0 Å². The van der Waals surface area contributed by atoms with Crippen LogP contribution in [0.3, 0.4) is 0 Å². The van der Waals surface area contributed by atoms with Crippen LogP contribution in [0.1, 0.15) is 6.42 Å². The lowest BCUT2D eigenvalue weighted by Gasteiger charge is -2.53. The number of ether oxygens (including phenoxy) is 19. The quantitative estimate of drug-likeness (QED) is 0.0255. The molecule has 0 spiro atoms. The first-order valence-corrected chi connectivity index (χ1v) is 42.8. The molecule has 754 valence electrons. The number of aliphatic hydroxyl groups excluding tert-OH is 30. The third-order valence-electron chi connectivity index (χ3n) is 23.3. The fraction of sp³-hybridized carbons (Fsp3) is 0.985. The highest BCUT2D eigenvalue weighted by Gasteiger charge is 2.65. The molecule has 129 heavy (non-hydrogen) atoms. The summed E-state index contributed by atoms with van der Waals surface area (Å²) in [6, 6.07) is -5.24. The maximum Gasteiger partial charge on any atom is 0.470 e. The zero-order chi connectivity index (χ0) is 95.8. The molecule has 10 saturated heterocycles. The van der Waals surface area contributed by atoms with Crippen molar-refractivity contribution >= 4 is 21.6 Å². The highest BCUT2D eigenvalue weighted by molar-refractivity contribution is 7.46. The van der Waals surface area contributed by atoms with Gasteiger partial charge < -0.3 is 285 Å². The minimum atomic E-state index is -6.36. The standard InChI is InChI=1S/C65H115N3O59P2/c66-24-32(84)29(81)21(111-55(24)98)9-108-57-26(68)34(86)48(127-129(104,105)106)23(116-57)11-109-64(63(99)100)1-16(126-128(101,102)103)49(47(125-64)14(77)3-70)119-61-44(96)51(121-62-52(40(92)39(91)45(118-62)13(76)2-69)122-60-43(95)37(89)38(90)46(117-60)15(78)8-107-56-25(67)33(85)27(79)17(4-71)112-56)53(50(120-61)20(7-74)114-58-41(93)35(87)28(80)18(5-72)113-58)123-59-42(94)36(88)30(82)22(115-59)10-110-65(12-75)54(97)31(83)19(6-73)124-65/h13-62,69-98H,1-12,66-68H2,(H,99,100)(H2,101,102,103)(H2,104,105,106)/t13-,14+,15-,16+,17+,18+,19+,20-,21+,22+,23+,24+,25+,26+,27+,28+,29+,30+,31+,32+,33+,34+,35-,36-,37-,38-,39-,40-,41+,42+,43-,44-,45+,46+,47+,48+,49+,50+,51+,52-,53+,54-,55-,56-,57+,58+,59-,60+,61-,62+,64+,65+/m0/s1. The minimum Gasteiger partial charge on any atom is -0.477 e. The summed E-state index contributed by atoms with van der Waals surface area (Å²) in [5, 5.41) is 345. The minimum absolute atomic E-state index is 0.942. The molecule has 10 fully saturated rings. The Kier molecular flexibility index (Phi) is 38.1. The predicted molar refractivity (Wildman–Crippen MR) is 387 cm³/mol. The lowest BCUT2D eigenvalue weighted by molar-refractivity contribution is -0.419. The number of carboxylic acid groups (broad SMARTS) is 1. The van der Waals surface area contributed by atoms with Gasteiger partial charge in [0.15, 0.2) is 50.3 Å². The van der Waals surface area contributed by atoms with E-state index in [0.29, 0.717) is 0 Å². The van der Waals surface area contributed by atoms with Crippen molar-refractivity contribution < 1.29 is 291 Å². The molecule has 0 aromatic rings. The van der Waals surface area contributed by atoms with Gasteiger partial charge >= 0.3 is 21.6 Å². The van der Waals surface area contributed by atoms with E-state index in [-0.39, 0.29) is 0 Å². The van der Waals surface area contributed by atoms with Crippen LogP contribution in [0.4, 0.5) is 0 Å². The summed E-state index contributed by atoms with van der Waals surface area (Å²) < 4.78 is 146. The van der Waals surface area contributed by atoms with Crippen molar-refractivity contribution in [2.24, 2.45) is 17.2 Å². The highest BCUT2D eigenvalue weighted by Crippen LogP contribution is 2.49. The summed E-state index contributed by atoms with van der Waals surface area (Å²) in [4.78, 5) is 55.5. The largest absolute Gasteiger partial charge is 0.477 e. The molecule has 0 aromatic carbocycles. The van der Waals surface area contributed by atoms with Crippen LogP contribution in [0.5, 0.6) is 0 Å². The Hall–Kier alpha value is -2.39. The van der Waals surface area contributed by atoms with Crippen molar-refractivity contribution in [2.45, 2.75) is 324 Å². The van der Waals surface area contributed by atoms with E-state index < -0.39 is 419 Å². The van der Waals surface area contributed by atoms with Gasteiger partial charge in [-0.3, -0.25) is 9.05 Å². The molecule has 62 nitrogen and oxygen atoms in total. The number of hydrogen-bond donors (Lipinski definition) is 38. The molecule has 0 bridgehead atoms. The second-order valence-corrected chi connectivity index (χ2v) is 34.4. The number of carboxylic acids is 1. The molecule has 52 atom stereocenters. The van der Waals surface area contributed by atoms with Gasteiger partial charge in [-0.2, -0.15) is 0 Å². The van der Waals surface area contributed by atoms with Gasteiger partial charge in [0, 0.05) is 6.42 Å². The SMILES string of the molecule is N[C@@H]1[C@@H](O)[C@H](O)[C@@H](CO[C@@H]2O[C@H](CO[C@]3(C(=O)O)C[C@@H](OP(=O)(O)O)[C@@H](O[C@H]4O[C@H]([C@H](CO)O[C@H]5O[C@H](CO)[C@@H](O)[C@H](O)[C@H]5O)[C@@H](O[C@@H]5O[C@H](CO[C@]6(CO)O[C@H](CO)[C@@H](O)[C@@H]6O)[C@@H](O)[C@H](O)[C@H]5O)[C@H](O[C@H]5O[C@H]([C@@H](O)CO)[C@@H](O)[C@H](O)[C@@H]5O[C@H]5O[C@H]([C@@H](O)CO[C@H]6O[C@H](CO)[C@@H](O)[C@H](O)[C@H]6N)[C@@H](O)[C@H](O)[C@@H]5O)[C@@H]4O)[C@@H]([C@H](O)CO)O3)[C@@H](OP(=O)(O)O)[C@H](O)[C@H]2N)O[C@@H]1O. The number of phosphoric acid groups is 2. The van der Waals surface area contributed by atoms with E-state index in [9.17, 15) is 192 Å². The fourth-order valence-electron chi connectivity index (χ4n) is 15.9. The summed E-state index contributed by atoms with van der Waals surface area (Å²) in [7, 11) is -12.2. The monoisotopic (exact) mass is 1940 g/mol. The number of aliphatic carboxylic acids is 1. The highest BCUT2D eigenvalue weighted by atomic mass is 31.2. The average Bonchev–Trinajstić information content (AvgIpc) is 1.21. The van der Waals surface area contributed by atoms with E-state index in [1.165, 1.54) is 0 Å². The van der Waals surface area contributed by atoms with E-state index in [1.54, 1.807) is 0 Å². The normalized spacial score (nSPS) is 49.1. The van der Waals surface area contributed by atoms with Crippen LogP contribution >= 0.6 is 15.6 Å². The average molecular weight is 1940 g/mol. The Morgan fingerprint density at radius 2 is 0.822 bits per heavy atom. The summed E-state index contributed by atoms with van der Waals surface area (Å²) in [5.74, 6) is -8.99. The summed E-state index contributed by atoms with van der Waals surface area (Å²) >= 11 is 0. The maximum atomic E-state index is 14.0. The van der Waals surface area contributed by atoms with Crippen molar-refractivity contribution in [3.63, 3.8) is 0 Å². The molecule has 10 aliphatic rings. The first kappa shape index (κ1) is 109. The molecule has 10 heterocycles. The Labute approximate surface area is 725 Å². The van der Waals surface area contributed by atoms with Gasteiger partial charge in [0.05, 0.1) is 84.2 Å². The van der Waals surface area contributed by atoms with Gasteiger partial charge in [0.25, 0.3) is 5.79 Å². The van der Waals surface area contributed by atoms with E-state index in [0.717, 1.165) is 0 Å². The number of nitrogens with two attached hydrogens (primary N) is 3. The summed E-state index contributed by atoms with van der Waals surface area (Å²) in [6.07, 6.45) is -117. The van der Waals surface area contributed by atoms with Gasteiger partial charge in [-0.15, -0.1) is 0 Å². The Bertz CT molecular complexity index is 3570. The van der Waals surface area contributed by atoms with Crippen LogP contribution in [-0.4, -0.2) is 575 Å². The second kappa shape index (κ2) is 45.3. The van der Waals surface area contributed by atoms with Crippen molar-refractivity contribution in [3.05, 3.63) is 0 Å². The molecule has 0 aromatic heterocycles. The molecule has 10 aliphatic heterocycles. The maximum absolute atomic E-state index is 14.0. The van der Waals surface area contributed by atoms with Crippen LogP contribution in [0.25, 0.3) is 0 Å². The van der Waals surface area contributed by atoms with Crippen molar-refractivity contribution in [1.82, 2.24) is 0 Å². The molecule has 0 aliphatic carbocycles. The molecular weight excluding hydrogens is 1830 g/mol. The second-order valence-electron chi connectivity index (χ2n) is 32.0. The van der Waals surface area contributed by atoms with Gasteiger partial charge in [0.1, 0.15) is 245 Å². The summed E-state index contributed by atoms with van der Waals surface area (Å²) in [6.45, 7) is -14.5. The third-order valence-corrected chi connectivity index (χ3v) is 24.4. The Morgan fingerprint density at radius 1 is 0.372 bits per heavy atom. The Balaban J connectivity index is 1.08. The molecule has 10 rings (SSSR count). The Morgan fingerprint density at radius 3 is 1.40 bits per heavy atom. The topological polar surface area (TPSA) is 1030 Å². The molecule has 64 heteroatoms. The first-order chi connectivity index (χ1) is 60.4. The van der Waals surface area contributed by atoms with Gasteiger partial charge in [0.2, 0.25) is 5.79 Å². The number of phosphoric ester groups is 2. The van der Waals surface area contributed by atoms with Crippen molar-refractivity contribution in [2.75, 3.05) is 72.7 Å². The summed E-state index contributed by atoms with van der Waals surface area (Å²) in [5.41, 5.74) is 17.8. The molecule has 0 amide bonds. The van der Waals surface area contributed by atoms with Crippen LogP contribution in [0.15, 0.2) is 0 Å². The van der Waals surface area contributed by atoms with Gasteiger partial charge in [-0.25, -0.2) is 13.9 Å². The lowest BCUT2D eigenvalue weighted by Crippen LogP contribution is -2.71. The molecule has 0 saturated carbocycles. The van der Waals surface area contributed by atoms with E-state index >= 15 is 0 Å². The van der Waals surface area contributed by atoms with Crippen molar-refractivity contribution in [1.29, 1.82) is 0 Å². The van der Waals surface area contributed by atoms with E-state index in [2.05, 4.69) is 0 Å². The zero-order valence-electron chi connectivity index (χ0n) is 66.9. The van der Waals surface area contributed by atoms with Crippen LogP contribution in [0, 0.1) is 0 Å². The lowest BCUT2D eigenvalue weighted by atomic mass is 9.90. The number of aliphatic hydroxyl groups is 30. The molecule has 0 unspecified atom stereocenters. The number of hydrogen-bond acceptors (Lipinski definition) is 57. The predicted octanol–water partition coefficient (Wildman–Crippen LogP) is -24.7. The van der Waals surface area contributed by atoms with E-state index in [4.69, 9.17) is 116 Å². The number of carbonyl (C=O) groups is 1. The van der Waals surface area contributed by atoms with Gasteiger partial charge in [-0.1, -0.05) is 0 Å². The smallest absolute Gasteiger partial charge is 0.470 e.